The molecule has 0 saturated carbocycles. The van der Waals surface area contributed by atoms with Gasteiger partial charge in [0.05, 0.1) is 0 Å². The van der Waals surface area contributed by atoms with E-state index in [-0.39, 0.29) is 0 Å². The zero-order valence-electron chi connectivity index (χ0n) is 14.0. The largest absolute Gasteiger partial charge is 0.313 e. The first-order valence-electron chi connectivity index (χ1n) is 8.29. The van der Waals surface area contributed by atoms with Gasteiger partial charge in [-0.25, -0.2) is 0 Å². The number of hydrogen-bond acceptors (Lipinski definition) is 2. The zero-order valence-corrected chi connectivity index (χ0v) is 15.6. The minimum absolute atomic E-state index is 0.411. The van der Waals surface area contributed by atoms with Crippen LogP contribution in [0.2, 0.25) is 0 Å². The smallest absolute Gasteiger partial charge is 0.0340 e. The first-order chi connectivity index (χ1) is 10.1. The second-order valence-corrected chi connectivity index (χ2v) is 6.65. The number of unbranched alkanes of at least 4 members (excludes halogenated alkanes) is 1. The van der Waals surface area contributed by atoms with Gasteiger partial charge < -0.3 is 10.2 Å². The molecular formula is C18H31BrN2. The minimum atomic E-state index is 0.411. The van der Waals surface area contributed by atoms with Crippen molar-refractivity contribution < 1.29 is 0 Å². The van der Waals surface area contributed by atoms with Crippen LogP contribution in [0.3, 0.4) is 0 Å². The molecule has 1 N–H and O–H groups in total. The van der Waals surface area contributed by atoms with Crippen LogP contribution in [0.25, 0.3) is 0 Å². The van der Waals surface area contributed by atoms with E-state index in [1.165, 1.54) is 35.8 Å². The fourth-order valence-corrected chi connectivity index (χ4v) is 3.24. The highest BCUT2D eigenvalue weighted by molar-refractivity contribution is 9.10. The van der Waals surface area contributed by atoms with Crippen molar-refractivity contribution in [2.24, 2.45) is 0 Å². The van der Waals surface area contributed by atoms with Crippen LogP contribution < -0.4 is 5.32 Å². The fraction of sp³-hybridized carbons (Fsp3) is 0.667. The highest BCUT2D eigenvalue weighted by Crippen LogP contribution is 2.25. The van der Waals surface area contributed by atoms with Crippen LogP contribution in [0.4, 0.5) is 0 Å². The van der Waals surface area contributed by atoms with E-state index in [1.807, 2.05) is 0 Å². The Labute approximate surface area is 139 Å². The van der Waals surface area contributed by atoms with Gasteiger partial charge in [-0.15, -0.1) is 0 Å². The molecule has 0 amide bonds. The average molecular weight is 355 g/mol. The quantitative estimate of drug-likeness (QED) is 0.635. The van der Waals surface area contributed by atoms with Gasteiger partial charge in [0, 0.05) is 23.1 Å². The summed E-state index contributed by atoms with van der Waals surface area (Å²) in [6.45, 7) is 9.28. The number of halogens is 1. The van der Waals surface area contributed by atoms with Crippen molar-refractivity contribution in [3.8, 4) is 0 Å². The molecule has 2 atom stereocenters. The Bertz CT molecular complexity index is 395. The molecule has 0 aliphatic heterocycles. The standard InChI is InChI=1S/C18H31BrN2/c1-5-7-13-21(15(3)6-2)14-12-18(20-4)16-10-8-9-11-17(16)19/h8-11,15,18,20H,5-7,12-14H2,1-4H3. The Morgan fingerprint density at radius 2 is 1.90 bits per heavy atom. The van der Waals surface area contributed by atoms with Gasteiger partial charge in [0.25, 0.3) is 0 Å². The maximum absolute atomic E-state index is 3.68. The van der Waals surface area contributed by atoms with Crippen molar-refractivity contribution >= 4 is 15.9 Å². The molecule has 3 heteroatoms. The molecule has 0 spiro atoms. The van der Waals surface area contributed by atoms with E-state index in [9.17, 15) is 0 Å². The maximum Gasteiger partial charge on any atom is 0.0340 e. The second kappa shape index (κ2) is 10.4. The molecule has 2 nitrogen and oxygen atoms in total. The van der Waals surface area contributed by atoms with E-state index in [4.69, 9.17) is 0 Å². The van der Waals surface area contributed by atoms with Gasteiger partial charge in [-0.3, -0.25) is 0 Å². The van der Waals surface area contributed by atoms with Gasteiger partial charge in [-0.05, 0) is 51.4 Å². The first-order valence-corrected chi connectivity index (χ1v) is 9.09. The van der Waals surface area contributed by atoms with E-state index < -0.39 is 0 Å². The summed E-state index contributed by atoms with van der Waals surface area (Å²) in [6, 6.07) is 9.62. The van der Waals surface area contributed by atoms with Crippen LogP contribution in [0.5, 0.6) is 0 Å². The summed E-state index contributed by atoms with van der Waals surface area (Å²) in [5.74, 6) is 0. The molecule has 0 aromatic heterocycles. The normalized spacial score (nSPS) is 14.4. The SMILES string of the molecule is CCCCN(CCC(NC)c1ccccc1Br)C(C)CC. The highest BCUT2D eigenvalue weighted by atomic mass is 79.9. The molecule has 1 aromatic rings. The second-order valence-electron chi connectivity index (χ2n) is 5.80. The molecule has 0 fully saturated rings. The zero-order chi connectivity index (χ0) is 15.7. The van der Waals surface area contributed by atoms with Crippen molar-refractivity contribution in [2.75, 3.05) is 20.1 Å². The van der Waals surface area contributed by atoms with E-state index in [0.717, 1.165) is 13.0 Å². The number of benzene rings is 1. The van der Waals surface area contributed by atoms with E-state index in [2.05, 4.69) is 78.2 Å². The summed E-state index contributed by atoms with van der Waals surface area (Å²) in [5, 5.41) is 3.47. The molecule has 1 aromatic carbocycles. The molecule has 0 bridgehead atoms. The number of nitrogens with one attached hydrogen (secondary N) is 1. The Morgan fingerprint density at radius 3 is 2.48 bits per heavy atom. The molecule has 0 saturated heterocycles. The predicted molar refractivity (Wildman–Crippen MR) is 96.8 cm³/mol. The van der Waals surface area contributed by atoms with Crippen LogP contribution in [0.15, 0.2) is 28.7 Å². The summed E-state index contributed by atoms with van der Waals surface area (Å²) in [6.07, 6.45) is 4.94. The lowest BCUT2D eigenvalue weighted by Crippen LogP contribution is -2.36. The molecule has 1 rings (SSSR count). The maximum atomic E-state index is 3.68. The van der Waals surface area contributed by atoms with Crippen LogP contribution in [-0.2, 0) is 0 Å². The molecule has 0 aliphatic carbocycles. The van der Waals surface area contributed by atoms with Gasteiger partial charge >= 0.3 is 0 Å². The average Bonchev–Trinajstić information content (AvgIpc) is 2.51. The van der Waals surface area contributed by atoms with Crippen molar-refractivity contribution in [3.63, 3.8) is 0 Å². The third-order valence-corrected chi connectivity index (χ3v) is 5.07. The molecule has 0 aliphatic rings. The topological polar surface area (TPSA) is 15.3 Å². The van der Waals surface area contributed by atoms with Crippen LogP contribution >= 0.6 is 15.9 Å². The van der Waals surface area contributed by atoms with E-state index in [1.54, 1.807) is 0 Å². The molecule has 120 valence electrons. The molecule has 2 unspecified atom stereocenters. The van der Waals surface area contributed by atoms with E-state index in [0.29, 0.717) is 12.1 Å². The third-order valence-electron chi connectivity index (χ3n) is 4.35. The monoisotopic (exact) mass is 354 g/mol. The van der Waals surface area contributed by atoms with Gasteiger partial charge in [0.15, 0.2) is 0 Å². The highest BCUT2D eigenvalue weighted by Gasteiger charge is 2.16. The summed E-state index contributed by atoms with van der Waals surface area (Å²) in [5.41, 5.74) is 1.36. The Morgan fingerprint density at radius 1 is 1.19 bits per heavy atom. The van der Waals surface area contributed by atoms with Gasteiger partial charge in [-0.1, -0.05) is 54.4 Å². The summed E-state index contributed by atoms with van der Waals surface area (Å²) in [4.78, 5) is 2.64. The number of rotatable bonds is 10. The fourth-order valence-electron chi connectivity index (χ4n) is 2.68. The summed E-state index contributed by atoms with van der Waals surface area (Å²) >= 11 is 3.68. The van der Waals surface area contributed by atoms with Crippen molar-refractivity contribution in [1.29, 1.82) is 0 Å². The van der Waals surface area contributed by atoms with Crippen LogP contribution in [0.1, 0.15) is 58.1 Å². The van der Waals surface area contributed by atoms with Crippen molar-refractivity contribution in [3.05, 3.63) is 34.3 Å². The molecule has 0 radical (unpaired) electrons. The first kappa shape index (κ1) is 18.7. The van der Waals surface area contributed by atoms with Gasteiger partial charge in [-0.2, -0.15) is 0 Å². The summed E-state index contributed by atoms with van der Waals surface area (Å²) in [7, 11) is 2.06. The third kappa shape index (κ3) is 6.09. The van der Waals surface area contributed by atoms with Crippen LogP contribution in [0, 0.1) is 0 Å². The lowest BCUT2D eigenvalue weighted by molar-refractivity contribution is 0.191. The Hall–Kier alpha value is -0.380. The minimum Gasteiger partial charge on any atom is -0.313 e. The Kier molecular flexibility index (Phi) is 9.21. The number of hydrogen-bond donors (Lipinski definition) is 1. The lowest BCUT2D eigenvalue weighted by atomic mass is 10.0. The van der Waals surface area contributed by atoms with Crippen molar-refractivity contribution in [2.45, 2.75) is 58.5 Å². The molecular weight excluding hydrogens is 324 g/mol. The van der Waals surface area contributed by atoms with E-state index >= 15 is 0 Å². The van der Waals surface area contributed by atoms with Gasteiger partial charge in [0.1, 0.15) is 0 Å². The Balaban J connectivity index is 2.65. The van der Waals surface area contributed by atoms with Gasteiger partial charge in [0.2, 0.25) is 0 Å². The van der Waals surface area contributed by atoms with Crippen LogP contribution in [-0.4, -0.2) is 31.1 Å². The predicted octanol–water partition coefficient (Wildman–Crippen LogP) is 5.00. The lowest BCUT2D eigenvalue weighted by Gasteiger charge is -2.30. The van der Waals surface area contributed by atoms with Crippen molar-refractivity contribution in [1.82, 2.24) is 10.2 Å². The molecule has 21 heavy (non-hydrogen) atoms. The number of nitrogens with zero attached hydrogens (tertiary/aromatic N) is 1. The molecule has 0 heterocycles. The summed E-state index contributed by atoms with van der Waals surface area (Å²) < 4.78 is 1.20.